The van der Waals surface area contributed by atoms with Gasteiger partial charge in [-0.3, -0.25) is 9.59 Å². The molecular weight excluding hydrogens is 446 g/mol. The van der Waals surface area contributed by atoms with Gasteiger partial charge >= 0.3 is 0 Å². The van der Waals surface area contributed by atoms with Crippen molar-refractivity contribution in [3.05, 3.63) is 61.7 Å². The second-order valence-corrected chi connectivity index (χ2v) is 8.96. The highest BCUT2D eigenvalue weighted by Gasteiger charge is 2.09. The van der Waals surface area contributed by atoms with Crippen LogP contribution in [0.2, 0.25) is 0 Å². The van der Waals surface area contributed by atoms with Gasteiger partial charge in [-0.15, -0.1) is 22.7 Å². The van der Waals surface area contributed by atoms with Gasteiger partial charge in [-0.25, -0.2) is 4.98 Å². The minimum Gasteiger partial charge on any atom is -0.354 e. The summed E-state index contributed by atoms with van der Waals surface area (Å²) in [4.78, 5) is 30.8. The van der Waals surface area contributed by atoms with E-state index in [9.17, 15) is 9.59 Å². The molecule has 0 aliphatic rings. The minimum atomic E-state index is -0.270. The van der Waals surface area contributed by atoms with E-state index in [4.69, 9.17) is 0 Å². The number of thiazole rings is 1. The Bertz CT molecular complexity index is 952. The fourth-order valence-corrected chi connectivity index (χ4v) is 4.46. The summed E-state index contributed by atoms with van der Waals surface area (Å²) in [5.74, 6) is -0.474. The van der Waals surface area contributed by atoms with Crippen molar-refractivity contribution in [2.75, 3.05) is 13.1 Å². The molecule has 5 nitrogen and oxygen atoms in total. The molecule has 140 valence electrons. The Morgan fingerprint density at radius 1 is 1.19 bits per heavy atom. The Labute approximate surface area is 174 Å². The zero-order valence-electron chi connectivity index (χ0n) is 14.6. The summed E-state index contributed by atoms with van der Waals surface area (Å²) in [6.07, 6.45) is 0.749. The number of halogens is 1. The van der Waals surface area contributed by atoms with Gasteiger partial charge in [0.1, 0.15) is 0 Å². The SMILES string of the molecule is Cc1nc(-c2ccc(CCNC(=O)CNC(=O)c3cccc(Br)c3)s2)cs1. The lowest BCUT2D eigenvalue weighted by Crippen LogP contribution is -2.37. The van der Waals surface area contributed by atoms with Crippen LogP contribution in [-0.2, 0) is 11.2 Å². The van der Waals surface area contributed by atoms with Crippen LogP contribution >= 0.6 is 38.6 Å². The van der Waals surface area contributed by atoms with E-state index in [1.54, 1.807) is 40.9 Å². The van der Waals surface area contributed by atoms with Crippen LogP contribution in [0.3, 0.4) is 0 Å². The van der Waals surface area contributed by atoms with Crippen LogP contribution in [0.5, 0.6) is 0 Å². The maximum Gasteiger partial charge on any atom is 0.251 e. The molecule has 3 rings (SSSR count). The van der Waals surface area contributed by atoms with Crippen LogP contribution in [0.1, 0.15) is 20.2 Å². The van der Waals surface area contributed by atoms with Crippen molar-refractivity contribution in [3.63, 3.8) is 0 Å². The van der Waals surface area contributed by atoms with E-state index in [-0.39, 0.29) is 18.4 Å². The molecule has 0 aliphatic heterocycles. The fourth-order valence-electron chi connectivity index (χ4n) is 2.41. The first-order valence-electron chi connectivity index (χ1n) is 8.33. The molecule has 3 aromatic rings. The lowest BCUT2D eigenvalue weighted by molar-refractivity contribution is -0.120. The summed E-state index contributed by atoms with van der Waals surface area (Å²) >= 11 is 6.65. The smallest absolute Gasteiger partial charge is 0.251 e. The zero-order chi connectivity index (χ0) is 19.2. The molecular formula is C19H18BrN3O2S2. The monoisotopic (exact) mass is 463 g/mol. The van der Waals surface area contributed by atoms with Gasteiger partial charge in [0.15, 0.2) is 0 Å². The van der Waals surface area contributed by atoms with E-state index in [1.165, 1.54) is 4.88 Å². The molecule has 0 unspecified atom stereocenters. The van der Waals surface area contributed by atoms with Crippen molar-refractivity contribution < 1.29 is 9.59 Å². The highest BCUT2D eigenvalue weighted by atomic mass is 79.9. The summed E-state index contributed by atoms with van der Waals surface area (Å²) in [5.41, 5.74) is 1.52. The Morgan fingerprint density at radius 2 is 2.04 bits per heavy atom. The maximum atomic E-state index is 12.0. The number of benzene rings is 1. The number of carbonyl (C=O) groups excluding carboxylic acids is 2. The average Bonchev–Trinajstić information content (AvgIpc) is 3.28. The molecule has 0 saturated carbocycles. The van der Waals surface area contributed by atoms with Gasteiger partial charge in [-0.2, -0.15) is 0 Å². The zero-order valence-corrected chi connectivity index (χ0v) is 17.8. The van der Waals surface area contributed by atoms with Crippen molar-refractivity contribution in [2.24, 2.45) is 0 Å². The third-order valence-electron chi connectivity index (χ3n) is 3.72. The lowest BCUT2D eigenvalue weighted by Gasteiger charge is -2.07. The number of nitrogens with zero attached hydrogens (tertiary/aromatic N) is 1. The van der Waals surface area contributed by atoms with Crippen molar-refractivity contribution in [3.8, 4) is 10.6 Å². The van der Waals surface area contributed by atoms with Crippen LogP contribution in [-0.4, -0.2) is 29.9 Å². The number of nitrogens with one attached hydrogen (secondary N) is 2. The lowest BCUT2D eigenvalue weighted by atomic mass is 10.2. The number of carbonyl (C=O) groups is 2. The molecule has 1 aromatic carbocycles. The van der Waals surface area contributed by atoms with Crippen LogP contribution in [0, 0.1) is 6.92 Å². The van der Waals surface area contributed by atoms with Gasteiger partial charge in [0.2, 0.25) is 5.91 Å². The minimum absolute atomic E-state index is 0.0425. The second-order valence-electron chi connectivity index (χ2n) is 5.81. The van der Waals surface area contributed by atoms with Crippen LogP contribution in [0.25, 0.3) is 10.6 Å². The van der Waals surface area contributed by atoms with Crippen LogP contribution in [0.15, 0.2) is 46.3 Å². The summed E-state index contributed by atoms with van der Waals surface area (Å²) in [6.45, 7) is 2.48. The summed E-state index contributed by atoms with van der Waals surface area (Å²) in [7, 11) is 0. The van der Waals surface area contributed by atoms with Gasteiger partial charge in [0, 0.05) is 26.8 Å². The third-order valence-corrected chi connectivity index (χ3v) is 6.16. The predicted molar refractivity (Wildman–Crippen MR) is 113 cm³/mol. The van der Waals surface area contributed by atoms with Gasteiger partial charge in [-0.05, 0) is 43.7 Å². The van der Waals surface area contributed by atoms with Gasteiger partial charge in [0.25, 0.3) is 5.91 Å². The Balaban J connectivity index is 1.41. The highest BCUT2D eigenvalue weighted by Crippen LogP contribution is 2.29. The van der Waals surface area contributed by atoms with E-state index in [0.717, 1.165) is 26.5 Å². The Hall–Kier alpha value is -2.03. The molecule has 0 saturated heterocycles. The first-order valence-corrected chi connectivity index (χ1v) is 10.8. The molecule has 0 bridgehead atoms. The van der Waals surface area contributed by atoms with Crippen LogP contribution < -0.4 is 10.6 Å². The largest absolute Gasteiger partial charge is 0.354 e. The topological polar surface area (TPSA) is 71.1 Å². The number of hydrogen-bond acceptors (Lipinski definition) is 5. The molecule has 27 heavy (non-hydrogen) atoms. The molecule has 8 heteroatoms. The molecule has 2 N–H and O–H groups in total. The second kappa shape index (κ2) is 9.25. The summed E-state index contributed by atoms with van der Waals surface area (Å²) < 4.78 is 0.822. The number of aryl methyl sites for hydroxylation is 1. The van der Waals surface area contributed by atoms with Crippen molar-refractivity contribution >= 4 is 50.4 Å². The van der Waals surface area contributed by atoms with E-state index >= 15 is 0 Å². The molecule has 2 amide bonds. The molecule has 0 aliphatic carbocycles. The van der Waals surface area contributed by atoms with E-state index in [0.29, 0.717) is 12.1 Å². The fraction of sp³-hybridized carbons (Fsp3) is 0.211. The van der Waals surface area contributed by atoms with Crippen molar-refractivity contribution in [1.29, 1.82) is 0 Å². The van der Waals surface area contributed by atoms with Gasteiger partial charge in [-0.1, -0.05) is 22.0 Å². The number of aromatic nitrogens is 1. The average molecular weight is 464 g/mol. The maximum absolute atomic E-state index is 12.0. The molecule has 2 heterocycles. The number of amides is 2. The molecule has 0 atom stereocenters. The predicted octanol–water partition coefficient (Wildman–Crippen LogP) is 4.03. The normalized spacial score (nSPS) is 10.6. The van der Waals surface area contributed by atoms with E-state index in [2.05, 4.69) is 49.1 Å². The highest BCUT2D eigenvalue weighted by molar-refractivity contribution is 9.10. The molecule has 0 radical (unpaired) electrons. The summed E-state index contributed by atoms with van der Waals surface area (Å²) in [6, 6.07) is 11.2. The van der Waals surface area contributed by atoms with Gasteiger partial charge < -0.3 is 10.6 Å². The first-order chi connectivity index (χ1) is 13.0. The summed E-state index contributed by atoms with van der Waals surface area (Å²) in [5, 5.41) is 8.57. The third kappa shape index (κ3) is 5.72. The number of thiophene rings is 1. The van der Waals surface area contributed by atoms with E-state index < -0.39 is 0 Å². The quantitative estimate of drug-likeness (QED) is 0.555. The molecule has 2 aromatic heterocycles. The number of hydrogen-bond donors (Lipinski definition) is 2. The first kappa shape index (κ1) is 19.7. The van der Waals surface area contributed by atoms with Crippen molar-refractivity contribution in [2.45, 2.75) is 13.3 Å². The van der Waals surface area contributed by atoms with Crippen molar-refractivity contribution in [1.82, 2.24) is 15.6 Å². The number of rotatable bonds is 7. The Kier molecular flexibility index (Phi) is 6.76. The molecule has 0 fully saturated rings. The van der Waals surface area contributed by atoms with Crippen LogP contribution in [0.4, 0.5) is 0 Å². The Morgan fingerprint density at radius 3 is 2.78 bits per heavy atom. The standard InChI is InChI=1S/C19H18BrN3O2S2/c1-12-23-16(11-26-12)17-6-5-15(27-17)7-8-21-18(24)10-22-19(25)13-3-2-4-14(20)9-13/h2-6,9,11H,7-8,10H2,1H3,(H,21,24)(H,22,25). The van der Waals surface area contributed by atoms with E-state index in [1.807, 2.05) is 13.0 Å². The van der Waals surface area contributed by atoms with Gasteiger partial charge in [0.05, 0.1) is 22.1 Å². The molecule has 0 spiro atoms.